The third kappa shape index (κ3) is 4.19. The van der Waals surface area contributed by atoms with Crippen molar-refractivity contribution >= 4 is 32.5 Å². The minimum atomic E-state index is -3.80. The number of anilines is 1. The number of nitrogens with one attached hydrogen (secondary N) is 2. The molecule has 2 N–H and O–H groups in total. The molecular formula is C25H29N3O5S. The number of benzene rings is 2. The van der Waals surface area contributed by atoms with Gasteiger partial charge >= 0.3 is 0 Å². The molecule has 2 heterocycles. The Kier molecular flexibility index (Phi) is 6.33. The summed E-state index contributed by atoms with van der Waals surface area (Å²) in [7, 11) is -2.36. The lowest BCUT2D eigenvalue weighted by Gasteiger charge is -2.26. The van der Waals surface area contributed by atoms with Gasteiger partial charge in [-0.2, -0.15) is 4.31 Å². The van der Waals surface area contributed by atoms with Crippen LogP contribution in [0.15, 0.2) is 41.3 Å². The van der Waals surface area contributed by atoms with E-state index in [1.165, 1.54) is 35.2 Å². The molecule has 1 saturated heterocycles. The second kappa shape index (κ2) is 9.40. The number of aromatic nitrogens is 1. The number of morpholine rings is 1. The van der Waals surface area contributed by atoms with E-state index in [9.17, 15) is 13.2 Å². The van der Waals surface area contributed by atoms with E-state index in [-0.39, 0.29) is 29.6 Å². The lowest BCUT2D eigenvalue weighted by Crippen LogP contribution is -2.40. The summed E-state index contributed by atoms with van der Waals surface area (Å²) in [6.07, 6.45) is 5.53. The quantitative estimate of drug-likeness (QED) is 0.539. The number of H-pyrrole nitrogens is 1. The molecular weight excluding hydrogens is 454 g/mol. The van der Waals surface area contributed by atoms with Crippen molar-refractivity contribution in [3.8, 4) is 5.75 Å². The van der Waals surface area contributed by atoms with E-state index in [0.717, 1.165) is 36.6 Å². The first-order chi connectivity index (χ1) is 16.5. The lowest BCUT2D eigenvalue weighted by atomic mass is 10.0. The highest BCUT2D eigenvalue weighted by Gasteiger charge is 2.30. The van der Waals surface area contributed by atoms with E-state index < -0.39 is 10.0 Å². The first kappa shape index (κ1) is 22.9. The molecule has 2 aromatic carbocycles. The Bertz CT molecular complexity index is 1330. The zero-order valence-electron chi connectivity index (χ0n) is 19.2. The van der Waals surface area contributed by atoms with E-state index in [0.29, 0.717) is 24.5 Å². The Balaban J connectivity index is 1.46. The second-order valence-electron chi connectivity index (χ2n) is 8.71. The van der Waals surface area contributed by atoms with E-state index in [1.807, 2.05) is 6.07 Å². The highest BCUT2D eigenvalue weighted by Crippen LogP contribution is 2.32. The maximum absolute atomic E-state index is 13.3. The van der Waals surface area contributed by atoms with Crippen molar-refractivity contribution in [2.24, 2.45) is 0 Å². The molecule has 0 unspecified atom stereocenters. The number of carbonyl (C=O) groups is 1. The molecule has 3 aromatic rings. The highest BCUT2D eigenvalue weighted by molar-refractivity contribution is 7.89. The number of hydrogen-bond acceptors (Lipinski definition) is 5. The number of fused-ring (bicyclic) bond motifs is 3. The summed E-state index contributed by atoms with van der Waals surface area (Å²) in [5, 5.41) is 3.98. The molecule has 0 bridgehead atoms. The van der Waals surface area contributed by atoms with Crippen molar-refractivity contribution in [2.45, 2.75) is 37.0 Å². The Morgan fingerprint density at radius 2 is 1.88 bits per heavy atom. The Hall–Kier alpha value is -2.88. The van der Waals surface area contributed by atoms with Crippen LogP contribution in [0.3, 0.4) is 0 Å². The van der Waals surface area contributed by atoms with Gasteiger partial charge in [-0.15, -0.1) is 0 Å². The molecule has 1 fully saturated rings. The van der Waals surface area contributed by atoms with Gasteiger partial charge in [-0.25, -0.2) is 8.42 Å². The number of sulfonamides is 1. The largest absolute Gasteiger partial charge is 0.495 e. The zero-order valence-corrected chi connectivity index (χ0v) is 20.0. The van der Waals surface area contributed by atoms with Crippen molar-refractivity contribution in [1.82, 2.24) is 9.29 Å². The summed E-state index contributed by atoms with van der Waals surface area (Å²) in [6.45, 7) is 1.26. The Labute approximate surface area is 199 Å². The van der Waals surface area contributed by atoms with Crippen molar-refractivity contribution in [3.05, 3.63) is 53.2 Å². The van der Waals surface area contributed by atoms with Gasteiger partial charge in [0.25, 0.3) is 5.91 Å². The number of aromatic amines is 1. The normalized spacial score (nSPS) is 17.2. The fraction of sp³-hybridized carbons (Fsp3) is 0.400. The predicted octanol–water partition coefficient (Wildman–Crippen LogP) is 3.72. The first-order valence-electron chi connectivity index (χ1n) is 11.7. The number of amides is 1. The molecule has 1 aliphatic carbocycles. The average molecular weight is 484 g/mol. The van der Waals surface area contributed by atoms with Gasteiger partial charge in [-0.1, -0.05) is 18.6 Å². The van der Waals surface area contributed by atoms with Gasteiger partial charge in [-0.05, 0) is 55.5 Å². The maximum atomic E-state index is 13.3. The fourth-order valence-electron chi connectivity index (χ4n) is 4.88. The summed E-state index contributed by atoms with van der Waals surface area (Å²) >= 11 is 0. The van der Waals surface area contributed by atoms with Gasteiger partial charge in [0.05, 0.1) is 31.4 Å². The van der Waals surface area contributed by atoms with Crippen LogP contribution >= 0.6 is 0 Å². The molecule has 1 aromatic heterocycles. The van der Waals surface area contributed by atoms with Crippen molar-refractivity contribution in [2.75, 3.05) is 38.7 Å². The van der Waals surface area contributed by atoms with Crippen LogP contribution in [0.4, 0.5) is 5.69 Å². The smallest absolute Gasteiger partial charge is 0.257 e. The highest BCUT2D eigenvalue weighted by atomic mass is 32.2. The number of methoxy groups -OCH3 is 1. The van der Waals surface area contributed by atoms with Gasteiger partial charge in [-0.3, -0.25) is 4.79 Å². The summed E-state index contributed by atoms with van der Waals surface area (Å²) in [6, 6.07) is 10.4. The predicted molar refractivity (Wildman–Crippen MR) is 130 cm³/mol. The van der Waals surface area contributed by atoms with Crippen molar-refractivity contribution < 1.29 is 22.7 Å². The number of aryl methyl sites for hydroxylation is 2. The van der Waals surface area contributed by atoms with E-state index in [1.54, 1.807) is 18.2 Å². The molecule has 8 nitrogen and oxygen atoms in total. The number of carbonyl (C=O) groups excluding carboxylic acids is 1. The van der Waals surface area contributed by atoms with Crippen molar-refractivity contribution in [3.63, 3.8) is 0 Å². The number of hydrogen-bond donors (Lipinski definition) is 2. The molecule has 0 atom stereocenters. The van der Waals surface area contributed by atoms with Gasteiger partial charge in [0.15, 0.2) is 0 Å². The SMILES string of the molecule is COc1ccc(NC(=O)c2cccc3c4c([nH]c23)CCCCC4)cc1S(=O)(=O)N1CCOCC1. The van der Waals surface area contributed by atoms with Crippen LogP contribution < -0.4 is 10.1 Å². The molecule has 1 amide bonds. The Morgan fingerprint density at radius 3 is 2.68 bits per heavy atom. The van der Waals surface area contributed by atoms with Crippen LogP contribution in [0.1, 0.15) is 40.9 Å². The first-order valence-corrected chi connectivity index (χ1v) is 13.1. The molecule has 0 saturated carbocycles. The minimum Gasteiger partial charge on any atom is -0.495 e. The molecule has 0 radical (unpaired) electrons. The summed E-state index contributed by atoms with van der Waals surface area (Å²) in [5.74, 6) is -0.0541. The Morgan fingerprint density at radius 1 is 1.09 bits per heavy atom. The van der Waals surface area contributed by atoms with Crippen LogP contribution in [0.25, 0.3) is 10.9 Å². The molecule has 9 heteroatoms. The van der Waals surface area contributed by atoms with E-state index >= 15 is 0 Å². The van der Waals surface area contributed by atoms with Crippen LogP contribution in [-0.4, -0.2) is 57.0 Å². The second-order valence-corrected chi connectivity index (χ2v) is 10.6. The average Bonchev–Trinajstić information content (AvgIpc) is 3.05. The topological polar surface area (TPSA) is 101 Å². The maximum Gasteiger partial charge on any atom is 0.257 e. The molecule has 180 valence electrons. The molecule has 34 heavy (non-hydrogen) atoms. The van der Waals surface area contributed by atoms with Crippen LogP contribution in [0.5, 0.6) is 5.75 Å². The minimum absolute atomic E-state index is 0.0273. The fourth-order valence-corrected chi connectivity index (χ4v) is 6.47. The summed E-state index contributed by atoms with van der Waals surface area (Å²) in [4.78, 5) is 16.8. The van der Waals surface area contributed by atoms with Crippen LogP contribution in [0, 0.1) is 0 Å². The summed E-state index contributed by atoms with van der Waals surface area (Å²) in [5.41, 5.74) is 4.30. The van der Waals surface area contributed by atoms with E-state index in [4.69, 9.17) is 9.47 Å². The van der Waals surface area contributed by atoms with Gasteiger partial charge in [0.1, 0.15) is 10.6 Å². The van der Waals surface area contributed by atoms with Gasteiger partial charge in [0, 0.05) is 29.9 Å². The van der Waals surface area contributed by atoms with E-state index in [2.05, 4.69) is 16.4 Å². The standard InChI is InChI=1S/C25H29N3O5S/c1-32-22-11-10-17(16-23(22)34(30,31)28-12-14-33-15-13-28)26-25(29)20-8-5-7-19-18-6-3-2-4-9-21(18)27-24(19)20/h5,7-8,10-11,16,27H,2-4,6,9,12-15H2,1H3,(H,26,29). The number of ether oxygens (including phenoxy) is 2. The third-order valence-electron chi connectivity index (χ3n) is 6.64. The molecule has 2 aliphatic rings. The number of nitrogens with zero attached hydrogens (tertiary/aromatic N) is 1. The lowest BCUT2D eigenvalue weighted by molar-refractivity contribution is 0.0729. The van der Waals surface area contributed by atoms with Crippen molar-refractivity contribution in [1.29, 1.82) is 0 Å². The number of para-hydroxylation sites is 1. The van der Waals surface area contributed by atoms with Crippen LogP contribution in [-0.2, 0) is 27.6 Å². The molecule has 0 spiro atoms. The monoisotopic (exact) mass is 483 g/mol. The van der Waals surface area contributed by atoms with Gasteiger partial charge in [0.2, 0.25) is 10.0 Å². The third-order valence-corrected chi connectivity index (χ3v) is 8.56. The molecule has 1 aliphatic heterocycles. The zero-order chi connectivity index (χ0) is 23.7. The molecule has 5 rings (SSSR count). The van der Waals surface area contributed by atoms with Crippen LogP contribution in [0.2, 0.25) is 0 Å². The summed E-state index contributed by atoms with van der Waals surface area (Å²) < 4.78 is 38.5. The number of rotatable bonds is 5. The van der Waals surface area contributed by atoms with Gasteiger partial charge < -0.3 is 19.8 Å².